The molecule has 1 rings (SSSR count). The lowest BCUT2D eigenvalue weighted by molar-refractivity contribution is 0.0963. The molecule has 0 fully saturated rings. The number of hydrogen-bond acceptors (Lipinski definition) is 4. The molecule has 72 valence electrons. The second kappa shape index (κ2) is 3.66. The van der Waals surface area contributed by atoms with E-state index in [4.69, 9.17) is 5.73 Å². The van der Waals surface area contributed by atoms with Crippen molar-refractivity contribution in [3.8, 4) is 0 Å². The van der Waals surface area contributed by atoms with Gasteiger partial charge in [-0.1, -0.05) is 5.21 Å². The van der Waals surface area contributed by atoms with Gasteiger partial charge in [0.25, 0.3) is 0 Å². The van der Waals surface area contributed by atoms with Crippen molar-refractivity contribution in [3.63, 3.8) is 0 Å². The number of Topliss-reactive ketones (excluding diaryl/α,β-unsaturated/α-hetero) is 1. The molecule has 0 aliphatic rings. The van der Waals surface area contributed by atoms with Crippen LogP contribution in [0.2, 0.25) is 0 Å². The summed E-state index contributed by atoms with van der Waals surface area (Å²) in [5.41, 5.74) is 5.76. The van der Waals surface area contributed by atoms with E-state index in [1.165, 1.54) is 0 Å². The zero-order valence-electron chi connectivity index (χ0n) is 8.06. The van der Waals surface area contributed by atoms with Gasteiger partial charge in [0.15, 0.2) is 0 Å². The third-order valence-corrected chi connectivity index (χ3v) is 1.71. The molecule has 2 N–H and O–H groups in total. The molecule has 0 saturated heterocycles. The third kappa shape index (κ3) is 2.12. The van der Waals surface area contributed by atoms with Crippen LogP contribution in [0.4, 0.5) is 0 Å². The van der Waals surface area contributed by atoms with Crippen LogP contribution < -0.4 is 5.73 Å². The minimum absolute atomic E-state index is 0.174. The topological polar surface area (TPSA) is 73.8 Å². The molecule has 0 amide bonds. The zero-order chi connectivity index (χ0) is 10.0. The second-order valence-electron chi connectivity index (χ2n) is 3.33. The normalized spacial score (nSPS) is 13.3. The molecule has 1 heterocycles. The molecule has 0 bridgehead atoms. The van der Waals surface area contributed by atoms with E-state index in [1.54, 1.807) is 17.8 Å². The molecule has 0 radical (unpaired) electrons. The van der Waals surface area contributed by atoms with Crippen LogP contribution in [0.15, 0.2) is 6.20 Å². The first kappa shape index (κ1) is 9.85. The van der Waals surface area contributed by atoms with Gasteiger partial charge in [0, 0.05) is 6.04 Å². The van der Waals surface area contributed by atoms with Gasteiger partial charge in [-0.25, -0.2) is 4.68 Å². The van der Waals surface area contributed by atoms with E-state index in [2.05, 4.69) is 10.3 Å². The number of nitrogens with two attached hydrogens (primary N) is 1. The first-order valence-electron chi connectivity index (χ1n) is 4.24. The van der Waals surface area contributed by atoms with E-state index in [0.717, 1.165) is 0 Å². The van der Waals surface area contributed by atoms with Crippen LogP contribution >= 0.6 is 0 Å². The van der Waals surface area contributed by atoms with E-state index in [0.29, 0.717) is 5.69 Å². The van der Waals surface area contributed by atoms with Crippen molar-refractivity contribution in [2.24, 2.45) is 5.73 Å². The van der Waals surface area contributed by atoms with E-state index >= 15 is 0 Å². The maximum absolute atomic E-state index is 11.3. The lowest BCUT2D eigenvalue weighted by Gasteiger charge is -2.01. The molecular weight excluding hydrogens is 168 g/mol. The highest BCUT2D eigenvalue weighted by atomic mass is 16.1. The van der Waals surface area contributed by atoms with Gasteiger partial charge in [-0.15, -0.1) is 5.10 Å². The highest BCUT2D eigenvalue weighted by Crippen LogP contribution is 2.03. The van der Waals surface area contributed by atoms with Crippen molar-refractivity contribution in [2.45, 2.75) is 32.9 Å². The minimum Gasteiger partial charge on any atom is -0.321 e. The quantitative estimate of drug-likeness (QED) is 0.686. The summed E-state index contributed by atoms with van der Waals surface area (Å²) in [6.07, 6.45) is 1.62. The van der Waals surface area contributed by atoms with Crippen LogP contribution in [0.1, 0.15) is 37.3 Å². The lowest BCUT2D eigenvalue weighted by atomic mass is 10.2. The molecule has 0 aliphatic carbocycles. The molecule has 1 unspecified atom stereocenters. The smallest absolute Gasteiger partial charge is 0.201 e. The summed E-state index contributed by atoms with van der Waals surface area (Å²) < 4.78 is 1.63. The summed E-state index contributed by atoms with van der Waals surface area (Å²) >= 11 is 0. The van der Waals surface area contributed by atoms with E-state index in [9.17, 15) is 4.79 Å². The first-order chi connectivity index (χ1) is 6.02. The maximum Gasteiger partial charge on any atom is 0.201 e. The van der Waals surface area contributed by atoms with Gasteiger partial charge in [-0.2, -0.15) is 0 Å². The molecule has 0 aromatic carbocycles. The van der Waals surface area contributed by atoms with E-state index in [-0.39, 0.29) is 11.8 Å². The summed E-state index contributed by atoms with van der Waals surface area (Å²) in [6, 6.07) is -0.306. The number of nitrogens with zero attached hydrogens (tertiary/aromatic N) is 3. The Morgan fingerprint density at radius 3 is 2.54 bits per heavy atom. The average Bonchev–Trinajstić information content (AvgIpc) is 2.50. The molecule has 0 spiro atoms. The first-order valence-corrected chi connectivity index (χ1v) is 4.24. The van der Waals surface area contributed by atoms with Crippen LogP contribution in [0.5, 0.6) is 0 Å². The summed E-state index contributed by atoms with van der Waals surface area (Å²) in [4.78, 5) is 11.3. The fourth-order valence-corrected chi connectivity index (χ4v) is 0.875. The monoisotopic (exact) mass is 182 g/mol. The number of carbonyl (C=O) groups excluding carboxylic acids is 1. The Bertz CT molecular complexity index is 303. The van der Waals surface area contributed by atoms with Crippen molar-refractivity contribution in [3.05, 3.63) is 11.9 Å². The third-order valence-electron chi connectivity index (χ3n) is 1.71. The number of carbonyl (C=O) groups is 1. The second-order valence-corrected chi connectivity index (χ2v) is 3.33. The molecule has 5 heteroatoms. The molecule has 0 saturated carbocycles. The molecule has 1 atom stereocenters. The predicted molar refractivity (Wildman–Crippen MR) is 48.4 cm³/mol. The lowest BCUT2D eigenvalue weighted by Crippen LogP contribution is -2.26. The van der Waals surface area contributed by atoms with Crippen molar-refractivity contribution >= 4 is 5.78 Å². The molecule has 1 aromatic heterocycles. The van der Waals surface area contributed by atoms with Crippen LogP contribution in [0.25, 0.3) is 0 Å². The van der Waals surface area contributed by atoms with Crippen LogP contribution in [-0.2, 0) is 0 Å². The Labute approximate surface area is 76.9 Å². The van der Waals surface area contributed by atoms with Crippen LogP contribution in [-0.4, -0.2) is 26.8 Å². The number of rotatable bonds is 3. The largest absolute Gasteiger partial charge is 0.321 e. The zero-order valence-corrected chi connectivity index (χ0v) is 8.06. The Morgan fingerprint density at radius 1 is 1.54 bits per heavy atom. The Morgan fingerprint density at radius 2 is 2.15 bits per heavy atom. The van der Waals surface area contributed by atoms with E-state index in [1.807, 2.05) is 13.8 Å². The van der Waals surface area contributed by atoms with Gasteiger partial charge in [0.2, 0.25) is 5.78 Å². The SMILES string of the molecule is CC(N)C(=O)c1cn(C(C)C)nn1. The van der Waals surface area contributed by atoms with Crippen LogP contribution in [0, 0.1) is 0 Å². The summed E-state index contributed by atoms with van der Waals surface area (Å²) in [6.45, 7) is 5.57. The van der Waals surface area contributed by atoms with Crippen LogP contribution in [0.3, 0.4) is 0 Å². The van der Waals surface area contributed by atoms with Gasteiger partial charge in [0.1, 0.15) is 5.69 Å². The predicted octanol–water partition coefficient (Wildman–Crippen LogP) is 0.389. The van der Waals surface area contributed by atoms with Gasteiger partial charge >= 0.3 is 0 Å². The number of ketones is 1. The highest BCUT2D eigenvalue weighted by molar-refractivity contribution is 5.97. The van der Waals surface area contributed by atoms with Crippen molar-refractivity contribution in [2.75, 3.05) is 0 Å². The Balaban J connectivity index is 2.86. The van der Waals surface area contributed by atoms with Gasteiger partial charge in [0.05, 0.1) is 12.2 Å². The van der Waals surface area contributed by atoms with Gasteiger partial charge in [-0.3, -0.25) is 4.79 Å². The fraction of sp³-hybridized carbons (Fsp3) is 0.625. The number of aromatic nitrogens is 3. The molecule has 13 heavy (non-hydrogen) atoms. The van der Waals surface area contributed by atoms with Gasteiger partial charge in [-0.05, 0) is 20.8 Å². The van der Waals surface area contributed by atoms with Crippen molar-refractivity contribution in [1.82, 2.24) is 15.0 Å². The minimum atomic E-state index is -0.516. The molecule has 0 aliphatic heterocycles. The summed E-state index contributed by atoms with van der Waals surface area (Å²) in [7, 11) is 0. The summed E-state index contributed by atoms with van der Waals surface area (Å²) in [5.74, 6) is -0.174. The molecule has 1 aromatic rings. The fourth-order valence-electron chi connectivity index (χ4n) is 0.875. The Kier molecular flexibility index (Phi) is 2.77. The van der Waals surface area contributed by atoms with Gasteiger partial charge < -0.3 is 5.73 Å². The average molecular weight is 182 g/mol. The van der Waals surface area contributed by atoms with Crippen molar-refractivity contribution < 1.29 is 4.79 Å². The summed E-state index contributed by atoms with van der Waals surface area (Å²) in [5, 5.41) is 7.55. The standard InChI is InChI=1S/C8H14N4O/c1-5(2)12-4-7(10-11-12)8(13)6(3)9/h4-6H,9H2,1-3H3. The molecule has 5 nitrogen and oxygen atoms in total. The Hall–Kier alpha value is -1.23. The maximum atomic E-state index is 11.3. The number of hydrogen-bond donors (Lipinski definition) is 1. The molecular formula is C8H14N4O. The van der Waals surface area contributed by atoms with E-state index < -0.39 is 6.04 Å². The highest BCUT2D eigenvalue weighted by Gasteiger charge is 2.15. The van der Waals surface area contributed by atoms with Crippen molar-refractivity contribution in [1.29, 1.82) is 0 Å².